The summed E-state index contributed by atoms with van der Waals surface area (Å²) in [5.74, 6) is 0. The van der Waals surface area contributed by atoms with Crippen LogP contribution in [0.15, 0.2) is 0 Å². The number of hydrogen-bond donors (Lipinski definition) is 2. The normalized spacial score (nSPS) is 23.5. The van der Waals surface area contributed by atoms with Gasteiger partial charge in [-0.1, -0.05) is 6.92 Å². The van der Waals surface area contributed by atoms with Crippen molar-refractivity contribution in [3.63, 3.8) is 0 Å². The first-order valence-electron chi connectivity index (χ1n) is 5.95. The maximum Gasteiger partial charge on any atom is 0.211 e. The summed E-state index contributed by atoms with van der Waals surface area (Å²) < 4.78 is 24.2. The molecule has 1 aliphatic heterocycles. The Hall–Kier alpha value is -0.210. The molecule has 0 aliphatic carbocycles. The van der Waals surface area contributed by atoms with Gasteiger partial charge in [0.15, 0.2) is 0 Å². The number of sulfonamides is 1. The molecule has 0 spiro atoms. The summed E-state index contributed by atoms with van der Waals surface area (Å²) in [6.45, 7) is 4.23. The van der Waals surface area contributed by atoms with E-state index in [2.05, 4.69) is 4.90 Å². The summed E-state index contributed by atoms with van der Waals surface area (Å²) in [5.41, 5.74) is 5.95. The van der Waals surface area contributed by atoms with Crippen molar-refractivity contribution in [3.8, 4) is 0 Å². The van der Waals surface area contributed by atoms with E-state index < -0.39 is 10.0 Å². The van der Waals surface area contributed by atoms with Gasteiger partial charge in [-0.15, -0.1) is 0 Å². The van der Waals surface area contributed by atoms with Crippen molar-refractivity contribution in [1.29, 1.82) is 0 Å². The smallest absolute Gasteiger partial charge is 0.211 e. The molecule has 17 heavy (non-hydrogen) atoms. The molecule has 1 aliphatic rings. The maximum absolute atomic E-state index is 11.4. The van der Waals surface area contributed by atoms with E-state index in [4.69, 9.17) is 5.73 Å². The van der Waals surface area contributed by atoms with Crippen LogP contribution in [0.4, 0.5) is 0 Å². The number of piperazine rings is 1. The first kappa shape index (κ1) is 14.8. The minimum atomic E-state index is -3.09. The molecule has 102 valence electrons. The molecule has 0 bridgehead atoms. The van der Waals surface area contributed by atoms with Crippen molar-refractivity contribution in [2.45, 2.75) is 25.4 Å². The van der Waals surface area contributed by atoms with Crippen LogP contribution in [0.3, 0.4) is 0 Å². The van der Waals surface area contributed by atoms with Crippen molar-refractivity contribution >= 4 is 10.0 Å². The van der Waals surface area contributed by atoms with Crippen LogP contribution in [0, 0.1) is 0 Å². The molecule has 1 saturated heterocycles. The quantitative estimate of drug-likeness (QED) is 0.642. The fraction of sp³-hybridized carbons (Fsp3) is 1.00. The topological polar surface area (TPSA) is 86.9 Å². The molecule has 0 aromatic rings. The van der Waals surface area contributed by atoms with Gasteiger partial charge in [-0.2, -0.15) is 4.31 Å². The van der Waals surface area contributed by atoms with Gasteiger partial charge in [0.25, 0.3) is 0 Å². The molecule has 1 heterocycles. The van der Waals surface area contributed by atoms with Crippen molar-refractivity contribution in [3.05, 3.63) is 0 Å². The molecule has 1 fully saturated rings. The average molecular weight is 265 g/mol. The van der Waals surface area contributed by atoms with Crippen molar-refractivity contribution in [2.24, 2.45) is 5.73 Å². The van der Waals surface area contributed by atoms with Crippen molar-refractivity contribution in [1.82, 2.24) is 9.21 Å². The van der Waals surface area contributed by atoms with Gasteiger partial charge in [-0.3, -0.25) is 4.90 Å². The van der Waals surface area contributed by atoms with Crippen molar-refractivity contribution in [2.75, 3.05) is 39.0 Å². The van der Waals surface area contributed by atoms with E-state index in [-0.39, 0.29) is 18.7 Å². The van der Waals surface area contributed by atoms with Gasteiger partial charge in [0.1, 0.15) is 0 Å². The van der Waals surface area contributed by atoms with Gasteiger partial charge in [0, 0.05) is 38.3 Å². The second kappa shape index (κ2) is 6.10. The maximum atomic E-state index is 11.4. The number of aliphatic hydroxyl groups is 1. The Morgan fingerprint density at radius 3 is 2.18 bits per heavy atom. The summed E-state index contributed by atoms with van der Waals surface area (Å²) in [6, 6.07) is -0.133. The highest BCUT2D eigenvalue weighted by Gasteiger charge is 2.29. The monoisotopic (exact) mass is 265 g/mol. The lowest BCUT2D eigenvalue weighted by Gasteiger charge is -2.39. The fourth-order valence-electron chi connectivity index (χ4n) is 2.16. The molecular formula is C10H23N3O3S. The highest BCUT2D eigenvalue weighted by molar-refractivity contribution is 7.88. The Morgan fingerprint density at radius 2 is 1.82 bits per heavy atom. The first-order chi connectivity index (χ1) is 7.90. The van der Waals surface area contributed by atoms with Gasteiger partial charge in [-0.25, -0.2) is 8.42 Å². The predicted octanol–water partition coefficient (Wildman–Crippen LogP) is -1.34. The molecule has 0 saturated carbocycles. The summed E-state index contributed by atoms with van der Waals surface area (Å²) in [7, 11) is -3.09. The molecule has 2 unspecified atom stereocenters. The van der Waals surface area contributed by atoms with Crippen molar-refractivity contribution < 1.29 is 13.5 Å². The van der Waals surface area contributed by atoms with Crippen LogP contribution in [0.25, 0.3) is 0 Å². The summed E-state index contributed by atoms with van der Waals surface area (Å²) >= 11 is 0. The predicted molar refractivity (Wildman–Crippen MR) is 67.1 cm³/mol. The third-order valence-corrected chi connectivity index (χ3v) is 4.67. The Kier molecular flexibility index (Phi) is 5.33. The average Bonchev–Trinajstić information content (AvgIpc) is 2.29. The SMILES string of the molecule is CCC(N)C(CO)N1CCN(S(C)(=O)=O)CC1. The van der Waals surface area contributed by atoms with Crippen LogP contribution in [0.1, 0.15) is 13.3 Å². The molecular weight excluding hydrogens is 242 g/mol. The molecule has 0 radical (unpaired) electrons. The zero-order valence-corrected chi connectivity index (χ0v) is 11.4. The lowest BCUT2D eigenvalue weighted by molar-refractivity contribution is 0.0745. The second-order valence-electron chi connectivity index (χ2n) is 4.52. The Balaban J connectivity index is 2.56. The third-order valence-electron chi connectivity index (χ3n) is 3.36. The molecule has 0 amide bonds. The zero-order valence-electron chi connectivity index (χ0n) is 10.5. The second-order valence-corrected chi connectivity index (χ2v) is 6.50. The molecule has 0 aromatic carbocycles. The summed E-state index contributed by atoms with van der Waals surface area (Å²) in [4.78, 5) is 2.08. The highest BCUT2D eigenvalue weighted by atomic mass is 32.2. The molecule has 7 heteroatoms. The molecule has 0 aromatic heterocycles. The Labute approximate surface area is 103 Å². The van der Waals surface area contributed by atoms with Gasteiger partial charge in [0.2, 0.25) is 10.0 Å². The van der Waals surface area contributed by atoms with E-state index >= 15 is 0 Å². The van der Waals surface area contributed by atoms with Crippen LogP contribution < -0.4 is 5.73 Å². The Morgan fingerprint density at radius 1 is 1.29 bits per heavy atom. The lowest BCUT2D eigenvalue weighted by Crippen LogP contribution is -2.57. The van der Waals surface area contributed by atoms with Gasteiger partial charge < -0.3 is 10.8 Å². The molecule has 2 atom stereocenters. The van der Waals surface area contributed by atoms with Crippen LogP contribution >= 0.6 is 0 Å². The number of hydrogen-bond acceptors (Lipinski definition) is 5. The van der Waals surface area contributed by atoms with Gasteiger partial charge in [-0.05, 0) is 6.42 Å². The number of nitrogens with two attached hydrogens (primary N) is 1. The zero-order chi connectivity index (χ0) is 13.1. The Bertz CT molecular complexity index is 326. The van der Waals surface area contributed by atoms with E-state index in [1.807, 2.05) is 6.92 Å². The van der Waals surface area contributed by atoms with Gasteiger partial charge in [0.05, 0.1) is 12.9 Å². The fourth-order valence-corrected chi connectivity index (χ4v) is 2.99. The molecule has 6 nitrogen and oxygen atoms in total. The minimum absolute atomic E-state index is 0.0217. The highest BCUT2D eigenvalue weighted by Crippen LogP contribution is 2.12. The summed E-state index contributed by atoms with van der Waals surface area (Å²) in [5, 5.41) is 9.35. The van der Waals surface area contributed by atoms with E-state index in [1.165, 1.54) is 10.6 Å². The van der Waals surface area contributed by atoms with E-state index in [1.54, 1.807) is 0 Å². The number of aliphatic hydroxyl groups excluding tert-OH is 1. The van der Waals surface area contributed by atoms with Crippen LogP contribution in [-0.4, -0.2) is 73.9 Å². The third kappa shape index (κ3) is 3.89. The van der Waals surface area contributed by atoms with E-state index in [9.17, 15) is 13.5 Å². The van der Waals surface area contributed by atoms with Crippen LogP contribution in [-0.2, 0) is 10.0 Å². The minimum Gasteiger partial charge on any atom is -0.395 e. The lowest BCUT2D eigenvalue weighted by atomic mass is 10.1. The van der Waals surface area contributed by atoms with Crippen LogP contribution in [0.2, 0.25) is 0 Å². The summed E-state index contributed by atoms with van der Waals surface area (Å²) in [6.07, 6.45) is 2.03. The van der Waals surface area contributed by atoms with E-state index in [0.29, 0.717) is 26.2 Å². The van der Waals surface area contributed by atoms with E-state index in [0.717, 1.165) is 6.42 Å². The molecule has 3 N–H and O–H groups in total. The number of rotatable bonds is 5. The largest absolute Gasteiger partial charge is 0.395 e. The standard InChI is InChI=1S/C10H23N3O3S/c1-3-9(11)10(8-14)12-4-6-13(7-5-12)17(2,15)16/h9-10,14H,3-8,11H2,1-2H3. The molecule has 1 rings (SSSR count). The van der Waals surface area contributed by atoms with Crippen LogP contribution in [0.5, 0.6) is 0 Å². The first-order valence-corrected chi connectivity index (χ1v) is 7.80. The number of nitrogens with zero attached hydrogens (tertiary/aromatic N) is 2. The van der Waals surface area contributed by atoms with Gasteiger partial charge >= 0.3 is 0 Å².